The Balaban J connectivity index is 1.48. The van der Waals surface area contributed by atoms with Crippen molar-refractivity contribution in [1.82, 2.24) is 0 Å². The highest BCUT2D eigenvalue weighted by Crippen LogP contribution is 2.66. The van der Waals surface area contributed by atoms with Crippen molar-refractivity contribution in [3.63, 3.8) is 0 Å². The van der Waals surface area contributed by atoms with Crippen LogP contribution in [0.3, 0.4) is 0 Å². The maximum absolute atomic E-state index is 7.12. The first kappa shape index (κ1) is 13.9. The molecule has 4 aliphatic rings. The molecule has 5 rings (SSSR count). The molecule has 2 nitrogen and oxygen atoms in total. The second-order valence-corrected chi connectivity index (χ2v) is 8.40. The average molecular weight is 323 g/mol. The molecule has 1 aromatic rings. The normalized spacial score (nSPS) is 39.4. The second-order valence-electron chi connectivity index (χ2n) is 8.40. The molecule has 24 heavy (non-hydrogen) atoms. The van der Waals surface area contributed by atoms with E-state index in [9.17, 15) is 0 Å². The van der Waals surface area contributed by atoms with Crippen molar-refractivity contribution >= 4 is 0 Å². The molecule has 0 amide bonds. The second kappa shape index (κ2) is 5.10. The van der Waals surface area contributed by atoms with Crippen LogP contribution < -0.4 is 0 Å². The van der Waals surface area contributed by atoms with E-state index < -0.39 is 0 Å². The zero-order valence-electron chi connectivity index (χ0n) is 15.4. The van der Waals surface area contributed by atoms with Crippen molar-refractivity contribution in [3.8, 4) is 12.3 Å². The van der Waals surface area contributed by atoms with Crippen molar-refractivity contribution < 1.29 is 10.8 Å². The molecule has 0 radical (unpaired) electrons. The fourth-order valence-electron chi connectivity index (χ4n) is 6.55. The number of rotatable bonds is 0. The summed E-state index contributed by atoms with van der Waals surface area (Å²) in [4.78, 5) is 0. The summed E-state index contributed by atoms with van der Waals surface area (Å²) in [5.74, 6) is 4.74. The van der Waals surface area contributed by atoms with Gasteiger partial charge in [-0.2, -0.15) is 0 Å². The number of fused-ring (bicyclic) bond motifs is 6. The van der Waals surface area contributed by atoms with Gasteiger partial charge in [-0.15, -0.1) is 6.40 Å². The van der Waals surface area contributed by atoms with Crippen molar-refractivity contribution in [2.24, 2.45) is 17.3 Å². The van der Waals surface area contributed by atoms with Crippen molar-refractivity contribution in [2.45, 2.75) is 57.2 Å². The molecule has 1 heterocycles. The summed E-state index contributed by atoms with van der Waals surface area (Å²) in [6, 6.07) is 6.62. The van der Waals surface area contributed by atoms with Gasteiger partial charge in [0.25, 0.3) is 0 Å². The van der Waals surface area contributed by atoms with Gasteiger partial charge in [-0.3, -0.25) is 0 Å². The predicted molar refractivity (Wildman–Crippen MR) is 93.6 cm³/mol. The predicted octanol–water partition coefficient (Wildman–Crippen LogP) is 4.27. The van der Waals surface area contributed by atoms with Crippen LogP contribution in [0.2, 0.25) is 0 Å². The Morgan fingerprint density at radius 1 is 1.21 bits per heavy atom. The fraction of sp³-hybridized carbons (Fsp3) is 0.636. The van der Waals surface area contributed by atoms with Crippen molar-refractivity contribution in [2.75, 3.05) is 13.2 Å². The van der Waals surface area contributed by atoms with Crippen molar-refractivity contribution in [1.29, 1.82) is 0 Å². The summed E-state index contributed by atoms with van der Waals surface area (Å²) >= 11 is 0. The molecule has 0 bridgehead atoms. The average Bonchev–Trinajstić information content (AvgIpc) is 3.21. The minimum Gasteiger partial charge on any atom is -0.347 e. The Morgan fingerprint density at radius 2 is 2.08 bits per heavy atom. The van der Waals surface area contributed by atoms with Crippen LogP contribution in [-0.2, 0) is 15.9 Å². The van der Waals surface area contributed by atoms with E-state index in [2.05, 4.69) is 37.4 Å². The lowest BCUT2D eigenvalue weighted by molar-refractivity contribution is -0.237. The van der Waals surface area contributed by atoms with Crippen LogP contribution in [0.25, 0.3) is 0 Å². The van der Waals surface area contributed by atoms with Crippen LogP contribution in [0.4, 0.5) is 0 Å². The summed E-state index contributed by atoms with van der Waals surface area (Å²) in [6.07, 6.45) is 9.45. The summed E-state index contributed by atoms with van der Waals surface area (Å²) in [5.41, 5.74) is 4.17. The quantitative estimate of drug-likeness (QED) is 0.664. The number of hydrogen-bond donors (Lipinski definition) is 0. The van der Waals surface area contributed by atoms with Gasteiger partial charge in [0, 0.05) is 17.4 Å². The summed E-state index contributed by atoms with van der Waals surface area (Å²) in [7, 11) is 0. The van der Waals surface area contributed by atoms with Gasteiger partial charge in [-0.05, 0) is 73.1 Å². The first-order valence-corrected chi connectivity index (χ1v) is 9.50. The molecule has 126 valence electrons. The molecule has 1 spiro atoms. The molecule has 0 N–H and O–H groups in total. The Kier molecular flexibility index (Phi) is 2.96. The van der Waals surface area contributed by atoms with E-state index in [4.69, 9.17) is 10.8 Å². The van der Waals surface area contributed by atoms with Gasteiger partial charge in [0.1, 0.15) is 1.37 Å². The third-order valence-electron chi connectivity index (χ3n) is 7.67. The van der Waals surface area contributed by atoms with E-state index in [1.165, 1.54) is 31.2 Å². The van der Waals surface area contributed by atoms with Crippen molar-refractivity contribution in [3.05, 3.63) is 34.9 Å². The lowest BCUT2D eigenvalue weighted by Crippen LogP contribution is -2.51. The first-order valence-electron chi connectivity index (χ1n) is 10.0. The number of benzene rings is 1. The smallest absolute Gasteiger partial charge is 0.174 e. The summed E-state index contributed by atoms with van der Waals surface area (Å²) in [6.45, 7) is 3.97. The maximum atomic E-state index is 7.12. The monoisotopic (exact) mass is 323 g/mol. The SMILES string of the molecule is [2H]C#Cc1ccc2c(c1)CC[C@@H]1[C@@H]2CC[C@@]2(C)[C@H]1CCC21OCCO1. The molecule has 1 aromatic carbocycles. The van der Waals surface area contributed by atoms with Gasteiger partial charge < -0.3 is 9.47 Å². The highest BCUT2D eigenvalue weighted by Gasteiger charge is 2.64. The lowest BCUT2D eigenvalue weighted by atomic mass is 9.55. The van der Waals surface area contributed by atoms with E-state index in [0.29, 0.717) is 11.8 Å². The Bertz CT molecular complexity index is 755. The minimum atomic E-state index is -0.295. The van der Waals surface area contributed by atoms with Crippen LogP contribution in [0, 0.1) is 29.6 Å². The summed E-state index contributed by atoms with van der Waals surface area (Å²) in [5, 5.41) is 0. The van der Waals surface area contributed by atoms with Crippen LogP contribution in [0.1, 0.15) is 63.0 Å². The number of ether oxygens (including phenoxy) is 2. The van der Waals surface area contributed by atoms with E-state index >= 15 is 0 Å². The molecular weight excluding hydrogens is 296 g/mol. The third-order valence-corrected chi connectivity index (χ3v) is 7.67. The molecule has 2 saturated carbocycles. The van der Waals surface area contributed by atoms with Gasteiger partial charge in [0.15, 0.2) is 5.79 Å². The highest BCUT2D eigenvalue weighted by molar-refractivity contribution is 5.43. The number of terminal acetylenes is 1. The van der Waals surface area contributed by atoms with Crippen LogP contribution in [-0.4, -0.2) is 19.0 Å². The van der Waals surface area contributed by atoms with E-state index in [-0.39, 0.29) is 11.2 Å². The lowest BCUT2D eigenvalue weighted by Gasteiger charge is -2.52. The molecule has 2 heteroatoms. The zero-order chi connectivity index (χ0) is 17.1. The summed E-state index contributed by atoms with van der Waals surface area (Å²) < 4.78 is 19.5. The molecule has 1 aliphatic heterocycles. The van der Waals surface area contributed by atoms with Gasteiger partial charge in [0.2, 0.25) is 0 Å². The molecule has 0 aromatic heterocycles. The zero-order valence-corrected chi connectivity index (χ0v) is 14.4. The van der Waals surface area contributed by atoms with Gasteiger partial charge >= 0.3 is 0 Å². The molecule has 0 unspecified atom stereocenters. The van der Waals surface area contributed by atoms with Crippen LogP contribution >= 0.6 is 0 Å². The Morgan fingerprint density at radius 3 is 2.92 bits per heavy atom. The van der Waals surface area contributed by atoms with Crippen LogP contribution in [0.5, 0.6) is 0 Å². The molecule has 1 saturated heterocycles. The Hall–Kier alpha value is -1.30. The third kappa shape index (κ3) is 1.81. The topological polar surface area (TPSA) is 18.5 Å². The number of hydrogen-bond acceptors (Lipinski definition) is 2. The van der Waals surface area contributed by atoms with E-state index in [1.807, 2.05) is 0 Å². The molecular formula is C22H26O2. The highest BCUT2D eigenvalue weighted by atomic mass is 16.7. The number of aryl methyl sites for hydroxylation is 1. The molecule has 3 aliphatic carbocycles. The maximum Gasteiger partial charge on any atom is 0.174 e. The first-order chi connectivity index (χ1) is 12.2. The Labute approximate surface area is 146 Å². The minimum absolute atomic E-state index is 0.179. The van der Waals surface area contributed by atoms with Gasteiger partial charge in [-0.1, -0.05) is 18.9 Å². The van der Waals surface area contributed by atoms with Gasteiger partial charge in [-0.25, -0.2) is 0 Å². The fourth-order valence-corrected chi connectivity index (χ4v) is 6.55. The molecule has 4 atom stereocenters. The van der Waals surface area contributed by atoms with Gasteiger partial charge in [0.05, 0.1) is 13.2 Å². The standard InChI is InChI=1S/C22H26O2/c1-3-15-4-6-17-16(14-15)5-7-19-18(17)8-10-21(2)20(19)9-11-22(21)23-12-13-24-22/h1,4,6,14,18-20H,5,7-13H2,2H3/t18-,19-,20+,21+/m1/s1/i1D. The van der Waals surface area contributed by atoms with Crippen LogP contribution in [0.15, 0.2) is 18.2 Å². The van der Waals surface area contributed by atoms with E-state index in [0.717, 1.165) is 37.5 Å². The largest absolute Gasteiger partial charge is 0.347 e. The molecule has 3 fully saturated rings. The van der Waals surface area contributed by atoms with E-state index in [1.54, 1.807) is 5.56 Å².